The fraction of sp³-hybridized carbons (Fsp3) is 1.00. The molecule has 1 fully saturated rings. The monoisotopic (exact) mass is 221 g/mol. The first-order chi connectivity index (χ1) is 6.41. The van der Waals surface area contributed by atoms with E-state index in [4.69, 9.17) is 0 Å². The summed E-state index contributed by atoms with van der Waals surface area (Å²) in [4.78, 5) is 0. The highest BCUT2D eigenvalue weighted by molar-refractivity contribution is 7.87. The second-order valence-electron chi connectivity index (χ2n) is 4.14. The average Bonchev–Trinajstić information content (AvgIpc) is 2.32. The molecule has 1 aliphatic heterocycles. The summed E-state index contributed by atoms with van der Waals surface area (Å²) in [6.07, 6.45) is 0. The molecular weight excluding hydrogens is 202 g/mol. The number of hydrogen-bond donors (Lipinski definition) is 3. The molecule has 14 heavy (non-hydrogen) atoms. The Labute approximate surface area is 85.8 Å². The molecule has 0 aromatic carbocycles. The molecule has 0 amide bonds. The predicted octanol–water partition coefficient (Wildman–Crippen LogP) is -0.573. The lowest BCUT2D eigenvalue weighted by molar-refractivity contribution is 0.491. The first-order valence-corrected chi connectivity index (χ1v) is 6.39. The third-order valence-corrected chi connectivity index (χ3v) is 3.61. The third-order valence-electron chi connectivity index (χ3n) is 2.21. The van der Waals surface area contributed by atoms with Gasteiger partial charge in [-0.1, -0.05) is 6.92 Å². The van der Waals surface area contributed by atoms with E-state index < -0.39 is 10.2 Å². The zero-order chi connectivity index (χ0) is 10.8. The highest BCUT2D eigenvalue weighted by Gasteiger charge is 2.27. The molecule has 2 atom stereocenters. The van der Waals surface area contributed by atoms with Gasteiger partial charge in [0.05, 0.1) is 0 Å². The summed E-state index contributed by atoms with van der Waals surface area (Å²) in [7, 11) is -3.34. The van der Waals surface area contributed by atoms with Crippen LogP contribution in [0.4, 0.5) is 0 Å². The maximum absolute atomic E-state index is 11.5. The Morgan fingerprint density at radius 2 is 2.00 bits per heavy atom. The molecule has 0 radical (unpaired) electrons. The van der Waals surface area contributed by atoms with Gasteiger partial charge >= 0.3 is 0 Å². The molecule has 5 nitrogen and oxygen atoms in total. The van der Waals surface area contributed by atoms with Crippen molar-refractivity contribution in [1.29, 1.82) is 0 Å². The van der Waals surface area contributed by atoms with Crippen LogP contribution in [-0.2, 0) is 10.2 Å². The van der Waals surface area contributed by atoms with E-state index in [1.54, 1.807) is 13.8 Å². The summed E-state index contributed by atoms with van der Waals surface area (Å²) in [6, 6.07) is -0.0663. The van der Waals surface area contributed by atoms with E-state index in [1.807, 2.05) is 6.92 Å². The molecule has 1 rings (SSSR count). The second kappa shape index (κ2) is 4.57. The maximum atomic E-state index is 11.5. The molecule has 1 saturated heterocycles. The number of rotatable bonds is 4. The highest BCUT2D eigenvalue weighted by atomic mass is 32.2. The summed E-state index contributed by atoms with van der Waals surface area (Å²) in [6.45, 7) is 7.21. The van der Waals surface area contributed by atoms with Crippen molar-refractivity contribution in [3.63, 3.8) is 0 Å². The van der Waals surface area contributed by atoms with Gasteiger partial charge in [-0.05, 0) is 26.3 Å². The Morgan fingerprint density at radius 3 is 2.43 bits per heavy atom. The van der Waals surface area contributed by atoms with E-state index in [0.717, 1.165) is 6.54 Å². The second-order valence-corrected chi connectivity index (χ2v) is 5.61. The van der Waals surface area contributed by atoms with Gasteiger partial charge in [0.15, 0.2) is 0 Å². The van der Waals surface area contributed by atoms with Gasteiger partial charge in [-0.15, -0.1) is 0 Å². The van der Waals surface area contributed by atoms with E-state index in [0.29, 0.717) is 12.5 Å². The van der Waals surface area contributed by atoms with E-state index in [-0.39, 0.29) is 12.1 Å². The smallest absolute Gasteiger partial charge is 0.277 e. The van der Waals surface area contributed by atoms with Crippen LogP contribution in [0.3, 0.4) is 0 Å². The maximum Gasteiger partial charge on any atom is 0.277 e. The van der Waals surface area contributed by atoms with Crippen molar-refractivity contribution in [2.24, 2.45) is 5.92 Å². The highest BCUT2D eigenvalue weighted by Crippen LogP contribution is 2.07. The number of nitrogens with one attached hydrogen (secondary N) is 3. The molecule has 0 bridgehead atoms. The van der Waals surface area contributed by atoms with Crippen molar-refractivity contribution in [3.05, 3.63) is 0 Å². The fourth-order valence-electron chi connectivity index (χ4n) is 1.51. The predicted molar refractivity (Wildman–Crippen MR) is 56.1 cm³/mol. The van der Waals surface area contributed by atoms with Crippen molar-refractivity contribution in [1.82, 2.24) is 14.8 Å². The van der Waals surface area contributed by atoms with Crippen LogP contribution in [0.2, 0.25) is 0 Å². The van der Waals surface area contributed by atoms with Crippen molar-refractivity contribution < 1.29 is 8.42 Å². The SMILES string of the molecule is CC(C)NS(=O)(=O)NC1CNCC1C. The van der Waals surface area contributed by atoms with Crippen LogP contribution in [0.15, 0.2) is 0 Å². The lowest BCUT2D eigenvalue weighted by Crippen LogP contribution is -2.47. The molecule has 6 heteroatoms. The molecule has 3 N–H and O–H groups in total. The van der Waals surface area contributed by atoms with E-state index >= 15 is 0 Å². The van der Waals surface area contributed by atoms with E-state index in [9.17, 15) is 8.42 Å². The number of hydrogen-bond acceptors (Lipinski definition) is 3. The molecule has 84 valence electrons. The summed E-state index contributed by atoms with van der Waals surface area (Å²) in [5.74, 6) is 0.346. The van der Waals surface area contributed by atoms with Crippen LogP contribution in [-0.4, -0.2) is 33.6 Å². The Bertz CT molecular complexity index is 276. The Balaban J connectivity index is 2.50. The third kappa shape index (κ3) is 3.53. The summed E-state index contributed by atoms with van der Waals surface area (Å²) < 4.78 is 28.1. The zero-order valence-corrected chi connectivity index (χ0v) is 9.69. The average molecular weight is 221 g/mol. The lowest BCUT2D eigenvalue weighted by Gasteiger charge is -2.17. The van der Waals surface area contributed by atoms with Crippen LogP contribution in [0.25, 0.3) is 0 Å². The standard InChI is InChI=1S/C8H19N3O2S/c1-6(2)10-14(12,13)11-8-5-9-4-7(8)3/h6-11H,4-5H2,1-3H3. The van der Waals surface area contributed by atoms with Crippen LogP contribution in [0.5, 0.6) is 0 Å². The minimum Gasteiger partial charge on any atom is -0.315 e. The molecule has 0 saturated carbocycles. The van der Waals surface area contributed by atoms with E-state index in [1.165, 1.54) is 0 Å². The molecule has 1 heterocycles. The summed E-state index contributed by atoms with van der Waals surface area (Å²) in [5, 5.41) is 3.14. The van der Waals surface area contributed by atoms with Gasteiger partial charge < -0.3 is 5.32 Å². The molecule has 0 spiro atoms. The van der Waals surface area contributed by atoms with Gasteiger partial charge in [0.2, 0.25) is 0 Å². The normalized spacial score (nSPS) is 28.6. The Kier molecular flexibility index (Phi) is 3.88. The van der Waals surface area contributed by atoms with Crippen molar-refractivity contribution in [2.45, 2.75) is 32.9 Å². The van der Waals surface area contributed by atoms with Crippen LogP contribution < -0.4 is 14.8 Å². The van der Waals surface area contributed by atoms with Gasteiger partial charge in [-0.2, -0.15) is 17.9 Å². The Morgan fingerprint density at radius 1 is 1.36 bits per heavy atom. The van der Waals surface area contributed by atoms with Crippen molar-refractivity contribution in [2.75, 3.05) is 13.1 Å². The summed E-state index contributed by atoms with van der Waals surface area (Å²) >= 11 is 0. The molecule has 0 aliphatic carbocycles. The largest absolute Gasteiger partial charge is 0.315 e. The Hall–Kier alpha value is -0.170. The van der Waals surface area contributed by atoms with Gasteiger partial charge in [-0.3, -0.25) is 0 Å². The van der Waals surface area contributed by atoms with Gasteiger partial charge in [0.1, 0.15) is 0 Å². The van der Waals surface area contributed by atoms with Gasteiger partial charge in [-0.25, -0.2) is 0 Å². The van der Waals surface area contributed by atoms with Crippen LogP contribution in [0.1, 0.15) is 20.8 Å². The van der Waals surface area contributed by atoms with Gasteiger partial charge in [0, 0.05) is 18.6 Å². The van der Waals surface area contributed by atoms with Crippen molar-refractivity contribution in [3.8, 4) is 0 Å². The summed E-state index contributed by atoms with van der Waals surface area (Å²) in [5.41, 5.74) is 0. The topological polar surface area (TPSA) is 70.2 Å². The molecule has 1 aliphatic rings. The molecule has 0 aromatic rings. The quantitative estimate of drug-likeness (QED) is 0.595. The van der Waals surface area contributed by atoms with Crippen molar-refractivity contribution >= 4 is 10.2 Å². The zero-order valence-electron chi connectivity index (χ0n) is 8.87. The first-order valence-electron chi connectivity index (χ1n) is 4.91. The molecule has 0 aromatic heterocycles. The first kappa shape index (κ1) is 11.9. The van der Waals surface area contributed by atoms with Crippen LogP contribution in [0, 0.1) is 5.92 Å². The van der Waals surface area contributed by atoms with E-state index in [2.05, 4.69) is 14.8 Å². The fourth-order valence-corrected chi connectivity index (χ4v) is 2.91. The molecular formula is C8H19N3O2S. The van der Waals surface area contributed by atoms with Gasteiger partial charge in [0.25, 0.3) is 10.2 Å². The lowest BCUT2D eigenvalue weighted by atomic mass is 10.1. The van der Waals surface area contributed by atoms with Crippen LogP contribution >= 0.6 is 0 Å². The minimum atomic E-state index is -3.34. The molecule has 2 unspecified atom stereocenters. The minimum absolute atomic E-state index is 0.00579.